The van der Waals surface area contributed by atoms with Crippen LogP contribution in [0.15, 0.2) is 46.9 Å². The number of para-hydroxylation sites is 1. The maximum absolute atomic E-state index is 13.7. The molecule has 0 atom stereocenters. The smallest absolute Gasteiger partial charge is 0.375 e. The summed E-state index contributed by atoms with van der Waals surface area (Å²) in [5, 5.41) is 0.465. The van der Waals surface area contributed by atoms with Gasteiger partial charge in [0, 0.05) is 16.5 Å². The van der Waals surface area contributed by atoms with Crippen molar-refractivity contribution in [2.45, 2.75) is 6.92 Å². The van der Waals surface area contributed by atoms with Crippen LogP contribution in [-0.4, -0.2) is 18.4 Å². The lowest BCUT2D eigenvalue weighted by Crippen LogP contribution is -2.14. The van der Waals surface area contributed by atoms with Crippen LogP contribution in [0.1, 0.15) is 26.5 Å². The minimum absolute atomic E-state index is 0.0354. The number of ketones is 1. The fraction of sp³-hybridized carbons (Fsp3) is 0.111. The first kappa shape index (κ1) is 15.9. The number of carbonyl (C=O) groups is 2. The van der Waals surface area contributed by atoms with Gasteiger partial charge in [-0.25, -0.2) is 13.6 Å². The number of furan rings is 1. The van der Waals surface area contributed by atoms with E-state index in [1.54, 1.807) is 13.0 Å². The van der Waals surface area contributed by atoms with E-state index in [-0.39, 0.29) is 16.9 Å². The second-order valence-corrected chi connectivity index (χ2v) is 5.18. The van der Waals surface area contributed by atoms with Crippen LogP contribution in [0.2, 0.25) is 0 Å². The average Bonchev–Trinajstić information content (AvgIpc) is 2.92. The Morgan fingerprint density at radius 3 is 2.46 bits per heavy atom. The molecule has 0 saturated heterocycles. The van der Waals surface area contributed by atoms with Gasteiger partial charge in [0.05, 0.1) is 0 Å². The molecule has 1 heterocycles. The number of Topliss-reactive ketones (excluding diaryl/α,β-unsaturated/α-hetero) is 1. The van der Waals surface area contributed by atoms with Crippen LogP contribution >= 0.6 is 0 Å². The van der Waals surface area contributed by atoms with Crippen LogP contribution in [0.3, 0.4) is 0 Å². The Morgan fingerprint density at radius 2 is 1.79 bits per heavy atom. The first-order valence-corrected chi connectivity index (χ1v) is 7.11. The van der Waals surface area contributed by atoms with Gasteiger partial charge in [-0.3, -0.25) is 4.79 Å². The van der Waals surface area contributed by atoms with Crippen molar-refractivity contribution in [1.29, 1.82) is 0 Å². The van der Waals surface area contributed by atoms with Gasteiger partial charge in [0.15, 0.2) is 23.8 Å². The zero-order valence-corrected chi connectivity index (χ0v) is 12.6. The SMILES string of the molecule is Cc1c(C(=O)OCC(=O)c2ccc(F)cc2)oc2c(F)cccc12. The molecule has 0 aliphatic carbocycles. The predicted molar refractivity (Wildman–Crippen MR) is 81.9 cm³/mol. The summed E-state index contributed by atoms with van der Waals surface area (Å²) in [4.78, 5) is 24.0. The van der Waals surface area contributed by atoms with Gasteiger partial charge < -0.3 is 9.15 Å². The van der Waals surface area contributed by atoms with E-state index in [1.807, 2.05) is 0 Å². The standard InChI is InChI=1S/C18H12F2O4/c1-10-13-3-2-4-14(20)17(13)24-16(10)18(22)23-9-15(21)11-5-7-12(19)8-6-11/h2-8H,9H2,1H3. The predicted octanol–water partition coefficient (Wildman–Crippen LogP) is 4.06. The monoisotopic (exact) mass is 330 g/mol. The quantitative estimate of drug-likeness (QED) is 0.535. The van der Waals surface area contributed by atoms with Crippen molar-refractivity contribution in [2.75, 3.05) is 6.61 Å². The average molecular weight is 330 g/mol. The van der Waals surface area contributed by atoms with E-state index in [1.165, 1.54) is 24.3 Å². The molecule has 2 aromatic carbocycles. The molecule has 122 valence electrons. The van der Waals surface area contributed by atoms with Crippen LogP contribution in [-0.2, 0) is 4.74 Å². The van der Waals surface area contributed by atoms with Gasteiger partial charge >= 0.3 is 5.97 Å². The van der Waals surface area contributed by atoms with Crippen LogP contribution in [0.4, 0.5) is 8.78 Å². The fourth-order valence-corrected chi connectivity index (χ4v) is 2.32. The minimum atomic E-state index is -0.862. The van der Waals surface area contributed by atoms with Crippen LogP contribution in [0.25, 0.3) is 11.0 Å². The van der Waals surface area contributed by atoms with Gasteiger partial charge in [0.2, 0.25) is 5.76 Å². The van der Waals surface area contributed by atoms with Crippen molar-refractivity contribution in [2.24, 2.45) is 0 Å². The molecule has 0 radical (unpaired) electrons. The Morgan fingerprint density at radius 1 is 1.08 bits per heavy atom. The van der Waals surface area contributed by atoms with E-state index in [2.05, 4.69) is 0 Å². The molecule has 6 heteroatoms. The Bertz CT molecular complexity index is 926. The Balaban J connectivity index is 1.76. The third kappa shape index (κ3) is 2.90. The maximum atomic E-state index is 13.7. The summed E-state index contributed by atoms with van der Waals surface area (Å²) in [7, 11) is 0. The lowest BCUT2D eigenvalue weighted by atomic mass is 10.1. The highest BCUT2D eigenvalue weighted by Crippen LogP contribution is 2.27. The summed E-state index contributed by atoms with van der Waals surface area (Å²) in [6, 6.07) is 9.23. The van der Waals surface area contributed by atoms with Crippen LogP contribution in [0, 0.1) is 18.6 Å². The summed E-state index contributed by atoms with van der Waals surface area (Å²) in [5.74, 6) is -2.55. The number of hydrogen-bond acceptors (Lipinski definition) is 4. The molecule has 0 aliphatic heterocycles. The first-order valence-electron chi connectivity index (χ1n) is 7.11. The molecule has 0 aliphatic rings. The highest BCUT2D eigenvalue weighted by Gasteiger charge is 2.21. The van der Waals surface area contributed by atoms with Gasteiger partial charge in [-0.1, -0.05) is 12.1 Å². The Labute approximate surface area is 135 Å². The molecule has 24 heavy (non-hydrogen) atoms. The number of hydrogen-bond donors (Lipinski definition) is 0. The Hall–Kier alpha value is -3.02. The molecule has 0 bridgehead atoms. The summed E-state index contributed by atoms with van der Waals surface area (Å²) >= 11 is 0. The number of carbonyl (C=O) groups excluding carboxylic acids is 2. The molecule has 0 fully saturated rings. The Kier molecular flexibility index (Phi) is 4.12. The van der Waals surface area contributed by atoms with Gasteiger partial charge in [0.25, 0.3) is 0 Å². The van der Waals surface area contributed by atoms with Crippen molar-refractivity contribution in [3.8, 4) is 0 Å². The van der Waals surface area contributed by atoms with Crippen LogP contribution in [0.5, 0.6) is 0 Å². The topological polar surface area (TPSA) is 56.5 Å². The van der Waals surface area contributed by atoms with Crippen molar-refractivity contribution < 1.29 is 27.5 Å². The normalized spacial score (nSPS) is 10.8. The van der Waals surface area contributed by atoms with E-state index < -0.39 is 30.0 Å². The third-order valence-corrected chi connectivity index (χ3v) is 3.60. The molecule has 4 nitrogen and oxygen atoms in total. The number of halogens is 2. The molecule has 0 spiro atoms. The summed E-state index contributed by atoms with van der Waals surface area (Å²) in [6.07, 6.45) is 0. The lowest BCUT2D eigenvalue weighted by molar-refractivity contribution is 0.0445. The molecular formula is C18H12F2O4. The molecular weight excluding hydrogens is 318 g/mol. The molecule has 3 aromatic rings. The molecule has 0 unspecified atom stereocenters. The largest absolute Gasteiger partial charge is 0.451 e. The van der Waals surface area contributed by atoms with Gasteiger partial charge in [-0.05, 0) is 37.3 Å². The zero-order chi connectivity index (χ0) is 17.3. The maximum Gasteiger partial charge on any atom is 0.375 e. The number of aryl methyl sites for hydroxylation is 1. The van der Waals surface area contributed by atoms with Gasteiger partial charge in [0.1, 0.15) is 5.82 Å². The molecule has 0 saturated carbocycles. The number of rotatable bonds is 4. The van der Waals surface area contributed by atoms with Gasteiger partial charge in [-0.15, -0.1) is 0 Å². The highest BCUT2D eigenvalue weighted by atomic mass is 19.1. The van der Waals surface area contributed by atoms with Crippen LogP contribution < -0.4 is 0 Å². The second-order valence-electron chi connectivity index (χ2n) is 5.18. The van der Waals surface area contributed by atoms with E-state index in [4.69, 9.17) is 9.15 Å². The van der Waals surface area contributed by atoms with Crippen molar-refractivity contribution in [3.05, 3.63) is 71.0 Å². The van der Waals surface area contributed by atoms with Crippen molar-refractivity contribution in [1.82, 2.24) is 0 Å². The number of fused-ring (bicyclic) bond motifs is 1. The summed E-state index contributed by atoms with van der Waals surface area (Å²) < 4.78 is 36.7. The molecule has 0 N–H and O–H groups in total. The van der Waals surface area contributed by atoms with Gasteiger partial charge in [-0.2, -0.15) is 0 Å². The second kappa shape index (κ2) is 6.23. The van der Waals surface area contributed by atoms with Crippen molar-refractivity contribution in [3.63, 3.8) is 0 Å². The molecule has 0 amide bonds. The number of esters is 1. The molecule has 1 aromatic heterocycles. The van der Waals surface area contributed by atoms with Crippen molar-refractivity contribution >= 4 is 22.7 Å². The number of ether oxygens (including phenoxy) is 1. The van der Waals surface area contributed by atoms with E-state index in [0.717, 1.165) is 12.1 Å². The highest BCUT2D eigenvalue weighted by molar-refractivity contribution is 6.00. The summed E-state index contributed by atoms with van der Waals surface area (Å²) in [6.45, 7) is 1.08. The zero-order valence-electron chi connectivity index (χ0n) is 12.6. The van der Waals surface area contributed by atoms with E-state index >= 15 is 0 Å². The minimum Gasteiger partial charge on any atom is -0.451 e. The van der Waals surface area contributed by atoms with E-state index in [9.17, 15) is 18.4 Å². The first-order chi connectivity index (χ1) is 11.5. The fourth-order valence-electron chi connectivity index (χ4n) is 2.32. The molecule has 3 rings (SSSR count). The van der Waals surface area contributed by atoms with E-state index in [0.29, 0.717) is 10.9 Å². The summed E-state index contributed by atoms with van der Waals surface area (Å²) in [5.41, 5.74) is 0.618. The number of benzene rings is 2. The third-order valence-electron chi connectivity index (χ3n) is 3.60. The lowest BCUT2D eigenvalue weighted by Gasteiger charge is -2.03.